The summed E-state index contributed by atoms with van der Waals surface area (Å²) >= 11 is -1.24. The molecule has 0 saturated heterocycles. The Balaban J connectivity index is 5.42. The average molecular weight is 309 g/mol. The highest BCUT2D eigenvalue weighted by Gasteiger charge is 2.33. The van der Waals surface area contributed by atoms with E-state index in [9.17, 15) is 0 Å². The van der Waals surface area contributed by atoms with Crippen molar-refractivity contribution in [2.45, 2.75) is 84.8 Å². The van der Waals surface area contributed by atoms with Crippen LogP contribution in [0.15, 0.2) is 16.8 Å². The maximum atomic E-state index is 6.52. The lowest BCUT2D eigenvalue weighted by molar-refractivity contribution is 0.359. The molecule has 21 heavy (non-hydrogen) atoms. The molecular formula is C18H36AlNO. The third-order valence-corrected chi connectivity index (χ3v) is 6.62. The second-order valence-electron chi connectivity index (χ2n) is 7.57. The first kappa shape index (κ1) is 20.7. The van der Waals surface area contributed by atoms with E-state index in [-0.39, 0.29) is 0 Å². The van der Waals surface area contributed by atoms with Gasteiger partial charge < -0.3 is 3.79 Å². The van der Waals surface area contributed by atoms with Crippen LogP contribution in [-0.4, -0.2) is 26.2 Å². The van der Waals surface area contributed by atoms with E-state index in [1.807, 2.05) is 0 Å². The molecule has 0 unspecified atom stereocenters. The summed E-state index contributed by atoms with van der Waals surface area (Å²) in [7, 11) is 0. The zero-order valence-corrected chi connectivity index (χ0v) is 17.1. The topological polar surface area (TPSA) is 21.6 Å². The summed E-state index contributed by atoms with van der Waals surface area (Å²) < 4.78 is 7.82. The molecule has 2 nitrogen and oxygen atoms in total. The second kappa shape index (κ2) is 9.70. The summed E-state index contributed by atoms with van der Waals surface area (Å²) in [6.45, 7) is 22.3. The Labute approximate surface area is 137 Å². The summed E-state index contributed by atoms with van der Waals surface area (Å²) in [6.07, 6.45) is 2.21. The Bertz CT molecular complexity index is 346. The minimum atomic E-state index is -1.24. The largest absolute Gasteiger partial charge is 0.645 e. The zero-order chi connectivity index (χ0) is 16.7. The van der Waals surface area contributed by atoms with E-state index in [0.717, 1.165) is 11.5 Å². The molecule has 0 fully saturated rings. The normalized spacial score (nSPS) is 14.0. The lowest BCUT2D eigenvalue weighted by Gasteiger charge is -2.26. The van der Waals surface area contributed by atoms with E-state index in [4.69, 9.17) is 8.78 Å². The van der Waals surface area contributed by atoms with Crippen molar-refractivity contribution in [3.05, 3.63) is 11.8 Å². The molecule has 0 N–H and O–H groups in total. The van der Waals surface area contributed by atoms with Gasteiger partial charge in [-0.2, -0.15) is 0 Å². The van der Waals surface area contributed by atoms with Crippen LogP contribution in [0.1, 0.15) is 69.2 Å². The Morgan fingerprint density at radius 2 is 1.29 bits per heavy atom. The van der Waals surface area contributed by atoms with Crippen molar-refractivity contribution in [1.29, 1.82) is 0 Å². The summed E-state index contributed by atoms with van der Waals surface area (Å²) in [5, 5.41) is 0. The fourth-order valence-electron chi connectivity index (χ4n) is 2.33. The van der Waals surface area contributed by atoms with Crippen LogP contribution in [0, 0.1) is 11.8 Å². The lowest BCUT2D eigenvalue weighted by Crippen LogP contribution is -2.27. The van der Waals surface area contributed by atoms with Crippen molar-refractivity contribution in [2.24, 2.45) is 16.8 Å². The van der Waals surface area contributed by atoms with Crippen molar-refractivity contribution >= 4 is 20.2 Å². The van der Waals surface area contributed by atoms with E-state index < -0.39 is 14.5 Å². The molecule has 0 atom stereocenters. The molecule has 3 heteroatoms. The average Bonchev–Trinajstić information content (AvgIpc) is 2.30. The molecule has 0 aromatic carbocycles. The summed E-state index contributed by atoms with van der Waals surface area (Å²) in [4.78, 5) is 4.77. The fourth-order valence-corrected chi connectivity index (χ4v) is 5.07. The van der Waals surface area contributed by atoms with Gasteiger partial charge in [0.05, 0.1) is 5.76 Å². The van der Waals surface area contributed by atoms with Crippen molar-refractivity contribution in [1.82, 2.24) is 0 Å². The van der Waals surface area contributed by atoms with Gasteiger partial charge in [0.1, 0.15) is 0 Å². The van der Waals surface area contributed by atoms with Crippen LogP contribution < -0.4 is 0 Å². The fraction of sp³-hybridized carbons (Fsp3) is 0.833. The highest BCUT2D eigenvalue weighted by atomic mass is 27.2. The molecule has 0 aliphatic rings. The van der Waals surface area contributed by atoms with Gasteiger partial charge in [-0.25, -0.2) is 0 Å². The van der Waals surface area contributed by atoms with Crippen LogP contribution in [0.4, 0.5) is 0 Å². The van der Waals surface area contributed by atoms with Crippen LogP contribution in [0.25, 0.3) is 0 Å². The Hall–Kier alpha value is -0.258. The molecule has 0 radical (unpaired) electrons. The standard InChI is InChI=1S/C12H23NO.2C3H7.Al/c1-8(2)11(13-10(5)6)7-12(14)9(3)4;2*1-3-2;/h7-10,14H,1-6H3;2*3H,1-2H3;/q;;;+1/p-1/b12-7-,13-11?;;;. The van der Waals surface area contributed by atoms with Crippen molar-refractivity contribution < 1.29 is 3.79 Å². The Kier molecular flexibility index (Phi) is 9.58. The van der Waals surface area contributed by atoms with E-state index in [1.165, 1.54) is 0 Å². The molecule has 122 valence electrons. The molecular weight excluding hydrogens is 273 g/mol. The predicted molar refractivity (Wildman–Crippen MR) is 97.4 cm³/mol. The monoisotopic (exact) mass is 309 g/mol. The van der Waals surface area contributed by atoms with Crippen LogP contribution >= 0.6 is 0 Å². The van der Waals surface area contributed by atoms with Crippen LogP contribution in [0.2, 0.25) is 9.56 Å². The first-order valence-electron chi connectivity index (χ1n) is 8.52. The molecule has 0 amide bonds. The quantitative estimate of drug-likeness (QED) is 0.312. The van der Waals surface area contributed by atoms with Gasteiger partial charge in [0.2, 0.25) is 0 Å². The number of hydrogen-bond donors (Lipinski definition) is 0. The van der Waals surface area contributed by atoms with Gasteiger partial charge in [0.15, 0.2) is 0 Å². The van der Waals surface area contributed by atoms with Crippen LogP contribution in [0.3, 0.4) is 0 Å². The number of allylic oxidation sites excluding steroid dienone is 2. The predicted octanol–water partition coefficient (Wildman–Crippen LogP) is 5.86. The van der Waals surface area contributed by atoms with E-state index >= 15 is 0 Å². The summed E-state index contributed by atoms with van der Waals surface area (Å²) in [6, 6.07) is 0.329. The van der Waals surface area contributed by atoms with Crippen LogP contribution in [0.5, 0.6) is 0 Å². The van der Waals surface area contributed by atoms with E-state index in [0.29, 0.717) is 27.4 Å². The molecule has 0 bridgehead atoms. The maximum Gasteiger partial charge on any atom is 0.552 e. The second-order valence-corrected chi connectivity index (χ2v) is 11.4. The minimum Gasteiger partial charge on any atom is -0.645 e. The Morgan fingerprint density at radius 3 is 1.57 bits per heavy atom. The van der Waals surface area contributed by atoms with Gasteiger partial charge in [0.25, 0.3) is 0 Å². The highest BCUT2D eigenvalue weighted by Crippen LogP contribution is 2.26. The van der Waals surface area contributed by atoms with Gasteiger partial charge in [-0.1, -0.05) is 55.4 Å². The van der Waals surface area contributed by atoms with E-state index in [2.05, 4.69) is 75.3 Å². The number of nitrogens with zero attached hydrogens (tertiary/aromatic N) is 1. The number of rotatable bonds is 8. The maximum absolute atomic E-state index is 6.52. The number of hydrogen-bond acceptors (Lipinski definition) is 2. The zero-order valence-electron chi connectivity index (χ0n) is 15.9. The van der Waals surface area contributed by atoms with E-state index in [1.54, 1.807) is 0 Å². The van der Waals surface area contributed by atoms with Crippen molar-refractivity contribution in [3.63, 3.8) is 0 Å². The molecule has 0 rings (SSSR count). The number of aliphatic imine (C=N–C) groups is 1. The van der Waals surface area contributed by atoms with Gasteiger partial charge in [-0.05, 0) is 35.4 Å². The van der Waals surface area contributed by atoms with Gasteiger partial charge in [-0.3, -0.25) is 4.99 Å². The molecule has 0 saturated carbocycles. The van der Waals surface area contributed by atoms with Gasteiger partial charge in [0, 0.05) is 17.7 Å². The first-order valence-corrected chi connectivity index (χ1v) is 10.3. The highest BCUT2D eigenvalue weighted by molar-refractivity contribution is 6.55. The van der Waals surface area contributed by atoms with Crippen molar-refractivity contribution in [2.75, 3.05) is 0 Å². The smallest absolute Gasteiger partial charge is 0.552 e. The molecule has 0 heterocycles. The first-order chi connectivity index (χ1) is 9.56. The van der Waals surface area contributed by atoms with Gasteiger partial charge in [-0.15, -0.1) is 0 Å². The molecule has 0 aromatic heterocycles. The van der Waals surface area contributed by atoms with Crippen LogP contribution in [-0.2, 0) is 3.79 Å². The molecule has 0 aliphatic carbocycles. The third kappa shape index (κ3) is 8.07. The molecule has 0 spiro atoms. The Morgan fingerprint density at radius 1 is 0.810 bits per heavy atom. The third-order valence-electron chi connectivity index (χ3n) is 3.44. The SMILES string of the molecule is CC(C)N=C(/C=C(\[O][Al]([CH](C)C)[CH](C)C)C(C)C)C(C)C. The minimum absolute atomic E-state index is 0.329. The molecule has 0 aromatic rings. The lowest BCUT2D eigenvalue weighted by atomic mass is 10.0. The summed E-state index contributed by atoms with van der Waals surface area (Å²) in [5.41, 5.74) is 1.16. The van der Waals surface area contributed by atoms with Gasteiger partial charge >= 0.3 is 14.5 Å². The van der Waals surface area contributed by atoms with Crippen molar-refractivity contribution in [3.8, 4) is 0 Å². The molecule has 0 aliphatic heterocycles. The summed E-state index contributed by atoms with van der Waals surface area (Å²) in [5.74, 6) is 1.97.